The van der Waals surface area contributed by atoms with Crippen LogP contribution in [0.5, 0.6) is 0 Å². The molecular formula is C19H33ClN4O4. The smallest absolute Gasteiger partial charge is 0.237 e. The Kier molecular flexibility index (Phi) is 8.98. The summed E-state index contributed by atoms with van der Waals surface area (Å²) in [5.41, 5.74) is 0. The van der Waals surface area contributed by atoms with E-state index in [1.807, 2.05) is 4.90 Å². The van der Waals surface area contributed by atoms with Gasteiger partial charge in [0, 0.05) is 46.3 Å². The van der Waals surface area contributed by atoms with E-state index in [-0.39, 0.29) is 48.0 Å². The largest absolute Gasteiger partial charge is 0.383 e. The number of carbonyl (C=O) groups is 3. The normalized spacial score (nSPS) is 27.6. The molecule has 0 aromatic rings. The molecule has 3 rings (SSSR count). The number of methoxy groups -OCH3 is 1. The first kappa shape index (κ1) is 22.9. The van der Waals surface area contributed by atoms with Gasteiger partial charge in [0.15, 0.2) is 0 Å². The van der Waals surface area contributed by atoms with Gasteiger partial charge in [-0.05, 0) is 38.1 Å². The number of ether oxygens (including phenoxy) is 1. The fourth-order valence-electron chi connectivity index (χ4n) is 4.32. The third-order valence-electron chi connectivity index (χ3n) is 5.90. The van der Waals surface area contributed by atoms with Crippen LogP contribution in [-0.2, 0) is 19.1 Å². The van der Waals surface area contributed by atoms with Crippen LogP contribution in [0, 0.1) is 11.8 Å². The first-order valence-corrected chi connectivity index (χ1v) is 10.1. The molecule has 8 nitrogen and oxygen atoms in total. The molecule has 0 saturated carbocycles. The molecule has 3 heterocycles. The summed E-state index contributed by atoms with van der Waals surface area (Å²) >= 11 is 0. The van der Waals surface area contributed by atoms with E-state index in [0.717, 1.165) is 38.8 Å². The highest BCUT2D eigenvalue weighted by molar-refractivity contribution is 5.89. The van der Waals surface area contributed by atoms with Crippen LogP contribution in [0.2, 0.25) is 0 Å². The van der Waals surface area contributed by atoms with Crippen molar-refractivity contribution < 1.29 is 19.1 Å². The standard InChI is InChI=1S/C19H32N4O4.ClH/c1-27-9-8-22-13-15(10-17(22)24)19(26)23-7-3-4-14(12-23)11-21-18(25)16-5-2-6-20-16;/h14-16,20H,2-13H2,1H3,(H,21,25);1H. The van der Waals surface area contributed by atoms with Crippen molar-refractivity contribution in [2.24, 2.45) is 11.8 Å². The van der Waals surface area contributed by atoms with Crippen molar-refractivity contribution in [1.29, 1.82) is 0 Å². The molecule has 3 saturated heterocycles. The highest BCUT2D eigenvalue weighted by atomic mass is 35.5. The van der Waals surface area contributed by atoms with E-state index < -0.39 is 0 Å². The Morgan fingerprint density at radius 2 is 2.07 bits per heavy atom. The number of nitrogens with one attached hydrogen (secondary N) is 2. The number of likely N-dealkylation sites (tertiary alicyclic amines) is 2. The highest BCUT2D eigenvalue weighted by Gasteiger charge is 2.37. The van der Waals surface area contributed by atoms with Crippen LogP contribution in [0.4, 0.5) is 0 Å². The van der Waals surface area contributed by atoms with Gasteiger partial charge in [-0.25, -0.2) is 0 Å². The number of rotatable bonds is 7. The van der Waals surface area contributed by atoms with Gasteiger partial charge >= 0.3 is 0 Å². The zero-order chi connectivity index (χ0) is 19.2. The highest BCUT2D eigenvalue weighted by Crippen LogP contribution is 2.23. The molecule has 3 amide bonds. The van der Waals surface area contributed by atoms with Crippen LogP contribution >= 0.6 is 12.4 Å². The minimum Gasteiger partial charge on any atom is -0.383 e. The SMILES string of the molecule is COCCN1CC(C(=O)N2CCCC(CNC(=O)C3CCCN3)C2)CC1=O.Cl. The van der Waals surface area contributed by atoms with E-state index in [1.54, 1.807) is 12.0 Å². The zero-order valence-corrected chi connectivity index (χ0v) is 17.5. The summed E-state index contributed by atoms with van der Waals surface area (Å²) in [6.07, 6.45) is 4.21. The van der Waals surface area contributed by atoms with Crippen LogP contribution in [0.1, 0.15) is 32.1 Å². The molecule has 0 radical (unpaired) electrons. The summed E-state index contributed by atoms with van der Waals surface area (Å²) in [5.74, 6) is 0.235. The second kappa shape index (κ2) is 11.0. The Morgan fingerprint density at radius 3 is 2.79 bits per heavy atom. The van der Waals surface area contributed by atoms with Gasteiger partial charge in [-0.15, -0.1) is 12.4 Å². The van der Waals surface area contributed by atoms with Crippen molar-refractivity contribution in [2.45, 2.75) is 38.1 Å². The van der Waals surface area contributed by atoms with Crippen molar-refractivity contribution in [3.63, 3.8) is 0 Å². The summed E-state index contributed by atoms with van der Waals surface area (Å²) in [4.78, 5) is 40.8. The molecule has 0 spiro atoms. The van der Waals surface area contributed by atoms with Crippen LogP contribution in [0.15, 0.2) is 0 Å². The van der Waals surface area contributed by atoms with E-state index in [2.05, 4.69) is 10.6 Å². The molecule has 3 aliphatic heterocycles. The van der Waals surface area contributed by atoms with E-state index in [9.17, 15) is 14.4 Å². The summed E-state index contributed by atoms with van der Waals surface area (Å²) < 4.78 is 5.03. The molecule has 0 aliphatic carbocycles. The number of piperidine rings is 1. The first-order valence-electron chi connectivity index (χ1n) is 10.1. The number of hydrogen-bond acceptors (Lipinski definition) is 5. The summed E-state index contributed by atoms with van der Waals surface area (Å²) in [6, 6.07) is -0.0612. The number of nitrogens with zero attached hydrogens (tertiary/aromatic N) is 2. The average Bonchev–Trinajstić information content (AvgIpc) is 3.34. The third kappa shape index (κ3) is 5.81. The predicted molar refractivity (Wildman–Crippen MR) is 107 cm³/mol. The fraction of sp³-hybridized carbons (Fsp3) is 0.842. The monoisotopic (exact) mass is 416 g/mol. The topological polar surface area (TPSA) is 91.0 Å². The summed E-state index contributed by atoms with van der Waals surface area (Å²) in [5, 5.41) is 6.25. The van der Waals surface area contributed by atoms with E-state index >= 15 is 0 Å². The van der Waals surface area contributed by atoms with Crippen LogP contribution in [-0.4, -0.2) is 86.5 Å². The third-order valence-corrected chi connectivity index (χ3v) is 5.90. The Bertz CT molecular complexity index is 556. The number of halogens is 1. The lowest BCUT2D eigenvalue weighted by atomic mass is 9.96. The Morgan fingerprint density at radius 1 is 1.25 bits per heavy atom. The minimum atomic E-state index is -0.245. The number of carbonyl (C=O) groups excluding carboxylic acids is 3. The van der Waals surface area contributed by atoms with Gasteiger partial charge in [-0.2, -0.15) is 0 Å². The van der Waals surface area contributed by atoms with Gasteiger partial charge in [0.1, 0.15) is 0 Å². The maximum atomic E-state index is 12.9. The zero-order valence-electron chi connectivity index (χ0n) is 16.7. The first-order chi connectivity index (χ1) is 13.1. The minimum absolute atomic E-state index is 0. The quantitative estimate of drug-likeness (QED) is 0.610. The van der Waals surface area contributed by atoms with E-state index in [1.165, 1.54) is 0 Å². The Labute approximate surface area is 173 Å². The van der Waals surface area contributed by atoms with Crippen LogP contribution in [0.3, 0.4) is 0 Å². The van der Waals surface area contributed by atoms with Gasteiger partial charge in [0.25, 0.3) is 0 Å². The van der Waals surface area contributed by atoms with Crippen molar-refractivity contribution in [2.75, 3.05) is 53.0 Å². The van der Waals surface area contributed by atoms with Gasteiger partial charge in [0.05, 0.1) is 18.6 Å². The van der Waals surface area contributed by atoms with Crippen LogP contribution < -0.4 is 10.6 Å². The Hall–Kier alpha value is -1.38. The second-order valence-electron chi connectivity index (χ2n) is 7.92. The lowest BCUT2D eigenvalue weighted by Gasteiger charge is -2.34. The Balaban J connectivity index is 0.00000280. The molecule has 2 N–H and O–H groups in total. The molecular weight excluding hydrogens is 384 g/mol. The molecule has 0 aromatic heterocycles. The summed E-state index contributed by atoms with van der Waals surface area (Å²) in [7, 11) is 1.61. The van der Waals surface area contributed by atoms with Crippen molar-refractivity contribution in [3.8, 4) is 0 Å². The van der Waals surface area contributed by atoms with Gasteiger partial charge in [-0.1, -0.05) is 0 Å². The maximum Gasteiger partial charge on any atom is 0.237 e. The molecule has 28 heavy (non-hydrogen) atoms. The second-order valence-corrected chi connectivity index (χ2v) is 7.92. The molecule has 3 unspecified atom stereocenters. The van der Waals surface area contributed by atoms with Crippen molar-refractivity contribution in [1.82, 2.24) is 20.4 Å². The fourth-order valence-corrected chi connectivity index (χ4v) is 4.32. The van der Waals surface area contributed by atoms with Gasteiger partial charge in [0.2, 0.25) is 17.7 Å². The average molecular weight is 417 g/mol. The molecule has 160 valence electrons. The van der Waals surface area contributed by atoms with E-state index in [4.69, 9.17) is 4.74 Å². The molecule has 9 heteroatoms. The summed E-state index contributed by atoms with van der Waals surface area (Å²) in [6.45, 7) is 4.47. The van der Waals surface area contributed by atoms with Crippen LogP contribution in [0.25, 0.3) is 0 Å². The number of hydrogen-bond donors (Lipinski definition) is 2. The number of amides is 3. The molecule has 0 aromatic carbocycles. The molecule has 0 bridgehead atoms. The predicted octanol–water partition coefficient (Wildman–Crippen LogP) is 0.00990. The van der Waals surface area contributed by atoms with Crippen molar-refractivity contribution in [3.05, 3.63) is 0 Å². The molecule has 3 fully saturated rings. The lowest BCUT2D eigenvalue weighted by Crippen LogP contribution is -2.48. The van der Waals surface area contributed by atoms with Crippen molar-refractivity contribution >= 4 is 30.1 Å². The van der Waals surface area contributed by atoms with Gasteiger partial charge in [-0.3, -0.25) is 14.4 Å². The molecule has 3 aliphatic rings. The maximum absolute atomic E-state index is 12.9. The van der Waals surface area contributed by atoms with Gasteiger partial charge < -0.3 is 25.2 Å². The van der Waals surface area contributed by atoms with E-state index in [0.29, 0.717) is 39.2 Å². The molecule has 3 atom stereocenters. The lowest BCUT2D eigenvalue weighted by molar-refractivity contribution is -0.137.